The van der Waals surface area contributed by atoms with Gasteiger partial charge in [0.25, 0.3) is 11.8 Å². The predicted molar refractivity (Wildman–Crippen MR) is 76.2 cm³/mol. The Morgan fingerprint density at radius 1 is 1.23 bits per heavy atom. The summed E-state index contributed by atoms with van der Waals surface area (Å²) in [7, 11) is -4.66. The highest BCUT2D eigenvalue weighted by Gasteiger charge is 2.31. The van der Waals surface area contributed by atoms with E-state index in [1.165, 1.54) is 23.5 Å². The van der Waals surface area contributed by atoms with Crippen LogP contribution in [-0.4, -0.2) is 38.5 Å². The third-order valence-corrected chi connectivity index (χ3v) is 3.58. The average Bonchev–Trinajstić information content (AvgIpc) is 2.78. The Kier molecular flexibility index (Phi) is 6.67. The van der Waals surface area contributed by atoms with Crippen LogP contribution in [0, 0.1) is 0 Å². The number of nitrogens with zero attached hydrogens (tertiary/aromatic N) is 1. The van der Waals surface area contributed by atoms with Gasteiger partial charge in [-0.1, -0.05) is 25.8 Å². The maximum absolute atomic E-state index is 11.3. The van der Waals surface area contributed by atoms with Crippen molar-refractivity contribution in [3.05, 3.63) is 24.8 Å². The molecule has 0 saturated heterocycles. The van der Waals surface area contributed by atoms with Crippen molar-refractivity contribution in [1.82, 2.24) is 4.90 Å². The van der Waals surface area contributed by atoms with E-state index in [-0.39, 0.29) is 17.9 Å². The van der Waals surface area contributed by atoms with Gasteiger partial charge in [-0.15, -0.1) is 0 Å². The number of carbonyl (C=O) groups is 3. The summed E-state index contributed by atoms with van der Waals surface area (Å²) < 4.78 is 13.3. The number of hydrogen-bond donors (Lipinski definition) is 2. The van der Waals surface area contributed by atoms with E-state index >= 15 is 0 Å². The van der Waals surface area contributed by atoms with Crippen LogP contribution in [0.2, 0.25) is 0 Å². The number of amides is 2. The van der Waals surface area contributed by atoms with Gasteiger partial charge in [-0.2, -0.15) is 0 Å². The Hall–Kier alpha value is -1.76. The van der Waals surface area contributed by atoms with Gasteiger partial charge in [-0.05, 0) is 12.8 Å². The summed E-state index contributed by atoms with van der Waals surface area (Å²) >= 11 is 0. The Labute approximate surface area is 127 Å². The van der Waals surface area contributed by atoms with Gasteiger partial charge in [0.2, 0.25) is 0 Å². The first-order valence-corrected chi connectivity index (χ1v) is 8.24. The second-order valence-electron chi connectivity index (χ2n) is 4.78. The molecule has 0 radical (unpaired) electrons. The first kappa shape index (κ1) is 18.3. The van der Waals surface area contributed by atoms with E-state index in [1.54, 1.807) is 0 Å². The summed E-state index contributed by atoms with van der Waals surface area (Å²) in [5.41, 5.74) is 0. The summed E-state index contributed by atoms with van der Waals surface area (Å²) in [5.74, 6) is -1.39. The fourth-order valence-electron chi connectivity index (χ4n) is 2.27. The molecule has 1 aliphatic heterocycles. The van der Waals surface area contributed by atoms with Crippen LogP contribution in [0.1, 0.15) is 32.1 Å². The Bertz CT molecular complexity index is 513. The fourth-order valence-corrected chi connectivity index (χ4v) is 2.57. The molecule has 0 bridgehead atoms. The minimum absolute atomic E-state index is 0.128. The first-order valence-electron chi connectivity index (χ1n) is 6.71. The molecule has 2 aliphatic rings. The largest absolute Gasteiger partial charge is 0.527 e. The summed E-state index contributed by atoms with van der Waals surface area (Å²) in [6, 6.07) is 0.170. The van der Waals surface area contributed by atoms with Gasteiger partial charge in [0.15, 0.2) is 0 Å². The lowest BCUT2D eigenvalue weighted by Crippen LogP contribution is -2.41. The summed E-state index contributed by atoms with van der Waals surface area (Å²) in [6.07, 6.45) is 8.90. The van der Waals surface area contributed by atoms with E-state index < -0.39 is 13.8 Å². The van der Waals surface area contributed by atoms with Gasteiger partial charge in [0.1, 0.15) is 0 Å². The monoisotopic (exact) mass is 331 g/mol. The van der Waals surface area contributed by atoms with Crippen LogP contribution in [0.5, 0.6) is 0 Å². The maximum Gasteiger partial charge on any atom is 0.527 e. The van der Waals surface area contributed by atoms with E-state index in [4.69, 9.17) is 9.79 Å². The normalized spacial score (nSPS) is 18.7. The molecule has 0 aromatic carbocycles. The van der Waals surface area contributed by atoms with Crippen LogP contribution < -0.4 is 0 Å². The highest BCUT2D eigenvalue weighted by Crippen LogP contribution is 2.35. The molecule has 22 heavy (non-hydrogen) atoms. The van der Waals surface area contributed by atoms with Gasteiger partial charge in [-0.25, -0.2) is 9.36 Å². The van der Waals surface area contributed by atoms with Crippen molar-refractivity contribution in [2.24, 2.45) is 0 Å². The van der Waals surface area contributed by atoms with Gasteiger partial charge in [0.05, 0.1) is 0 Å². The molecular weight excluding hydrogens is 313 g/mol. The van der Waals surface area contributed by atoms with Gasteiger partial charge >= 0.3 is 13.8 Å². The van der Waals surface area contributed by atoms with Gasteiger partial charge in [-0.3, -0.25) is 24.3 Å². The summed E-state index contributed by atoms with van der Waals surface area (Å²) in [5, 5.41) is 0. The first-order chi connectivity index (χ1) is 10.2. The molecule has 0 unspecified atom stereocenters. The molecule has 0 aromatic rings. The zero-order valence-corrected chi connectivity index (χ0v) is 12.8. The number of phosphoric ester groups is 1. The van der Waals surface area contributed by atoms with Gasteiger partial charge in [0, 0.05) is 24.3 Å². The van der Waals surface area contributed by atoms with Crippen molar-refractivity contribution in [3.63, 3.8) is 0 Å². The second kappa shape index (κ2) is 8.03. The van der Waals surface area contributed by atoms with Crippen molar-refractivity contribution in [2.75, 3.05) is 0 Å². The molecule has 1 saturated carbocycles. The lowest BCUT2D eigenvalue weighted by atomic mass is 9.94. The number of phosphoric acid groups is 1. The summed E-state index contributed by atoms with van der Waals surface area (Å²) in [6.45, 7) is 2.93. The Morgan fingerprint density at radius 2 is 1.73 bits per heavy atom. The molecule has 0 atom stereocenters. The number of rotatable bonds is 3. The highest BCUT2D eigenvalue weighted by molar-refractivity contribution is 7.46. The van der Waals surface area contributed by atoms with Crippen LogP contribution in [-0.2, 0) is 23.5 Å². The lowest BCUT2D eigenvalue weighted by molar-refractivity contribution is -0.140. The van der Waals surface area contributed by atoms with Crippen LogP contribution in [0.15, 0.2) is 24.8 Å². The van der Waals surface area contributed by atoms with Crippen molar-refractivity contribution >= 4 is 25.6 Å². The van der Waals surface area contributed by atoms with E-state index in [9.17, 15) is 18.9 Å². The SMILES string of the molecule is C=CC(=O)OP(=O)(O)O.O=C1C=CC(=O)N1C1CCCCC1. The van der Waals surface area contributed by atoms with E-state index in [1.807, 2.05) is 0 Å². The number of carbonyl (C=O) groups excluding carboxylic acids is 3. The molecule has 1 aliphatic carbocycles. The van der Waals surface area contributed by atoms with Gasteiger partial charge < -0.3 is 4.52 Å². The van der Waals surface area contributed by atoms with Crippen molar-refractivity contribution in [1.29, 1.82) is 0 Å². The quantitative estimate of drug-likeness (QED) is 0.450. The smallest absolute Gasteiger partial charge is 0.367 e. The van der Waals surface area contributed by atoms with E-state index in [2.05, 4.69) is 11.1 Å². The second-order valence-corrected chi connectivity index (χ2v) is 5.94. The summed E-state index contributed by atoms with van der Waals surface area (Å²) in [4.78, 5) is 49.9. The van der Waals surface area contributed by atoms with Crippen LogP contribution >= 0.6 is 7.82 Å². The Balaban J connectivity index is 0.000000239. The van der Waals surface area contributed by atoms with Crippen LogP contribution in [0.3, 0.4) is 0 Å². The zero-order chi connectivity index (χ0) is 16.8. The molecule has 122 valence electrons. The van der Waals surface area contributed by atoms with E-state index in [0.29, 0.717) is 6.08 Å². The third kappa shape index (κ3) is 5.93. The van der Waals surface area contributed by atoms with Crippen molar-refractivity contribution < 1.29 is 33.3 Å². The number of hydrogen-bond acceptors (Lipinski definition) is 5. The molecule has 1 heterocycles. The van der Waals surface area contributed by atoms with E-state index in [0.717, 1.165) is 25.7 Å². The predicted octanol–water partition coefficient (Wildman–Crippen LogP) is 1.05. The molecule has 8 nitrogen and oxygen atoms in total. The Morgan fingerprint density at radius 3 is 2.09 bits per heavy atom. The molecule has 2 N–H and O–H groups in total. The van der Waals surface area contributed by atoms with Crippen LogP contribution in [0.4, 0.5) is 0 Å². The third-order valence-electron chi connectivity index (χ3n) is 3.16. The molecule has 9 heteroatoms. The average molecular weight is 331 g/mol. The van der Waals surface area contributed by atoms with Crippen molar-refractivity contribution in [3.8, 4) is 0 Å². The molecular formula is C13H18NO7P. The molecule has 0 aromatic heterocycles. The molecule has 2 rings (SSSR count). The van der Waals surface area contributed by atoms with Crippen molar-refractivity contribution in [2.45, 2.75) is 38.1 Å². The fraction of sp³-hybridized carbons (Fsp3) is 0.462. The number of imide groups is 1. The lowest BCUT2D eigenvalue weighted by Gasteiger charge is -2.29. The maximum atomic E-state index is 11.3. The molecule has 2 amide bonds. The minimum atomic E-state index is -4.66. The van der Waals surface area contributed by atoms with Crippen LogP contribution in [0.25, 0.3) is 0 Å². The highest BCUT2D eigenvalue weighted by atomic mass is 31.2. The topological polar surface area (TPSA) is 121 Å². The standard InChI is InChI=1S/C10H13NO2.C3H5O5P/c12-9-6-7-10(13)11(9)8-4-2-1-3-5-8;1-2-3(4)8-9(5,6)7/h6-8H,1-5H2;2H,1H2,(H2,5,6,7). The zero-order valence-electron chi connectivity index (χ0n) is 11.9. The molecule has 1 fully saturated rings. The minimum Gasteiger partial charge on any atom is -0.367 e. The molecule has 0 spiro atoms.